The molecule has 0 radical (unpaired) electrons. The van der Waals surface area contributed by atoms with Crippen LogP contribution in [0.25, 0.3) is 5.69 Å². The van der Waals surface area contributed by atoms with Gasteiger partial charge in [0.25, 0.3) is 11.8 Å². The van der Waals surface area contributed by atoms with Crippen LogP contribution >= 0.6 is 11.6 Å². The van der Waals surface area contributed by atoms with E-state index < -0.39 is 5.91 Å². The van der Waals surface area contributed by atoms with Crippen LogP contribution in [0, 0.1) is 5.82 Å². The second kappa shape index (κ2) is 7.91. The number of benzene rings is 2. The van der Waals surface area contributed by atoms with Crippen molar-refractivity contribution < 1.29 is 14.0 Å². The Bertz CT molecular complexity index is 1140. The molecule has 1 aliphatic rings. The Hall–Kier alpha value is -3.19. The number of hydrogen-bond donors (Lipinski definition) is 1. The minimum atomic E-state index is -0.398. The van der Waals surface area contributed by atoms with E-state index >= 15 is 0 Å². The molecule has 0 bridgehead atoms. The largest absolute Gasteiger partial charge is 0.345 e. The van der Waals surface area contributed by atoms with Crippen molar-refractivity contribution in [3.8, 4) is 5.69 Å². The van der Waals surface area contributed by atoms with Gasteiger partial charge in [-0.1, -0.05) is 11.6 Å². The van der Waals surface area contributed by atoms with Crippen LogP contribution in [0.1, 0.15) is 38.5 Å². The standard InChI is InChI=1S/C22H20ClFN4O2/c1-27(2)22(30)13-6-11-17(23)18(12-13)25-21(29)20-16-4-3-5-19(16)28(26-20)15-9-7-14(24)8-10-15/h6-12H,3-5H2,1-2H3,(H,25,29). The van der Waals surface area contributed by atoms with E-state index in [9.17, 15) is 14.0 Å². The number of fused-ring (bicyclic) bond motifs is 1. The number of nitrogens with one attached hydrogen (secondary N) is 1. The molecule has 6 nitrogen and oxygen atoms in total. The average Bonchev–Trinajstić information content (AvgIpc) is 3.32. The molecule has 0 unspecified atom stereocenters. The zero-order chi connectivity index (χ0) is 21.4. The molecule has 2 aromatic carbocycles. The summed E-state index contributed by atoms with van der Waals surface area (Å²) in [6.07, 6.45) is 2.45. The molecule has 1 aromatic heterocycles. The maximum absolute atomic E-state index is 13.3. The van der Waals surface area contributed by atoms with Gasteiger partial charge in [0.1, 0.15) is 5.82 Å². The molecule has 3 aromatic rings. The zero-order valence-electron chi connectivity index (χ0n) is 16.6. The molecule has 154 valence electrons. The topological polar surface area (TPSA) is 67.2 Å². The Kier molecular flexibility index (Phi) is 5.30. The van der Waals surface area contributed by atoms with E-state index in [-0.39, 0.29) is 11.7 Å². The van der Waals surface area contributed by atoms with Crippen LogP contribution in [0.4, 0.5) is 10.1 Å². The lowest BCUT2D eigenvalue weighted by atomic mass is 10.1. The molecule has 0 atom stereocenters. The zero-order valence-corrected chi connectivity index (χ0v) is 17.3. The van der Waals surface area contributed by atoms with Crippen molar-refractivity contribution in [1.82, 2.24) is 14.7 Å². The summed E-state index contributed by atoms with van der Waals surface area (Å²) in [7, 11) is 3.31. The molecule has 30 heavy (non-hydrogen) atoms. The lowest BCUT2D eigenvalue weighted by Gasteiger charge is -2.12. The fraction of sp³-hybridized carbons (Fsp3) is 0.227. The molecule has 2 amide bonds. The predicted octanol–water partition coefficient (Wildman–Crippen LogP) is 4.11. The summed E-state index contributed by atoms with van der Waals surface area (Å²) < 4.78 is 15.0. The van der Waals surface area contributed by atoms with Gasteiger partial charge in [-0.25, -0.2) is 9.07 Å². The first kappa shape index (κ1) is 20.1. The molecule has 0 saturated carbocycles. The average molecular weight is 427 g/mol. The van der Waals surface area contributed by atoms with Crippen molar-refractivity contribution in [2.45, 2.75) is 19.3 Å². The van der Waals surface area contributed by atoms with E-state index in [1.54, 1.807) is 49.1 Å². The van der Waals surface area contributed by atoms with Gasteiger partial charge in [-0.15, -0.1) is 0 Å². The van der Waals surface area contributed by atoms with E-state index in [1.807, 2.05) is 0 Å². The second-order valence-electron chi connectivity index (χ2n) is 7.36. The van der Waals surface area contributed by atoms with E-state index in [0.29, 0.717) is 27.7 Å². The Labute approximate surface area is 178 Å². The Morgan fingerprint density at radius 2 is 1.87 bits per heavy atom. The third kappa shape index (κ3) is 3.68. The van der Waals surface area contributed by atoms with Gasteiger partial charge in [-0.3, -0.25) is 9.59 Å². The number of amides is 2. The number of aromatic nitrogens is 2. The van der Waals surface area contributed by atoms with E-state index in [0.717, 1.165) is 30.5 Å². The van der Waals surface area contributed by atoms with Crippen LogP contribution in [-0.4, -0.2) is 40.6 Å². The van der Waals surface area contributed by atoms with Crippen LogP contribution in [0.2, 0.25) is 5.02 Å². The van der Waals surface area contributed by atoms with E-state index in [1.165, 1.54) is 17.0 Å². The van der Waals surface area contributed by atoms with Crippen LogP contribution in [0.15, 0.2) is 42.5 Å². The van der Waals surface area contributed by atoms with Gasteiger partial charge >= 0.3 is 0 Å². The lowest BCUT2D eigenvalue weighted by Crippen LogP contribution is -2.22. The first-order valence-corrected chi connectivity index (χ1v) is 9.92. The highest BCUT2D eigenvalue weighted by molar-refractivity contribution is 6.34. The quantitative estimate of drug-likeness (QED) is 0.682. The van der Waals surface area contributed by atoms with Gasteiger partial charge in [-0.2, -0.15) is 5.10 Å². The molecule has 4 rings (SSSR count). The van der Waals surface area contributed by atoms with Crippen molar-refractivity contribution in [3.05, 3.63) is 75.8 Å². The number of halogens is 2. The number of carbonyl (C=O) groups excluding carboxylic acids is 2. The molecule has 1 aliphatic carbocycles. The highest BCUT2D eigenvalue weighted by Crippen LogP contribution is 2.30. The predicted molar refractivity (Wildman–Crippen MR) is 113 cm³/mol. The summed E-state index contributed by atoms with van der Waals surface area (Å²) in [5.41, 5.74) is 3.61. The third-order valence-corrected chi connectivity index (χ3v) is 5.41. The first-order chi connectivity index (χ1) is 14.3. The number of hydrogen-bond acceptors (Lipinski definition) is 3. The van der Waals surface area contributed by atoms with Gasteiger partial charge in [0.15, 0.2) is 5.69 Å². The van der Waals surface area contributed by atoms with Crippen LogP contribution < -0.4 is 5.32 Å². The van der Waals surface area contributed by atoms with Crippen molar-refractivity contribution in [2.24, 2.45) is 0 Å². The summed E-state index contributed by atoms with van der Waals surface area (Å²) in [4.78, 5) is 26.7. The van der Waals surface area contributed by atoms with Gasteiger partial charge < -0.3 is 10.2 Å². The molecule has 1 heterocycles. The SMILES string of the molecule is CN(C)C(=O)c1ccc(Cl)c(NC(=O)c2nn(-c3ccc(F)cc3)c3c2CCC3)c1. The van der Waals surface area contributed by atoms with Crippen LogP contribution in [-0.2, 0) is 12.8 Å². The smallest absolute Gasteiger partial charge is 0.276 e. The van der Waals surface area contributed by atoms with E-state index in [2.05, 4.69) is 10.4 Å². The number of rotatable bonds is 4. The summed E-state index contributed by atoms with van der Waals surface area (Å²) in [6.45, 7) is 0. The van der Waals surface area contributed by atoms with Crippen molar-refractivity contribution in [1.29, 1.82) is 0 Å². The minimum absolute atomic E-state index is 0.191. The van der Waals surface area contributed by atoms with Gasteiger partial charge in [0, 0.05) is 30.9 Å². The van der Waals surface area contributed by atoms with Crippen molar-refractivity contribution in [3.63, 3.8) is 0 Å². The van der Waals surface area contributed by atoms with Crippen LogP contribution in [0.5, 0.6) is 0 Å². The molecule has 1 N–H and O–H groups in total. The van der Waals surface area contributed by atoms with Crippen molar-refractivity contribution >= 4 is 29.1 Å². The molecule has 0 aliphatic heterocycles. The fourth-order valence-electron chi connectivity index (χ4n) is 3.61. The summed E-state index contributed by atoms with van der Waals surface area (Å²) in [5, 5.41) is 7.62. The monoisotopic (exact) mass is 426 g/mol. The minimum Gasteiger partial charge on any atom is -0.345 e. The Morgan fingerprint density at radius 3 is 2.57 bits per heavy atom. The second-order valence-corrected chi connectivity index (χ2v) is 7.77. The lowest BCUT2D eigenvalue weighted by molar-refractivity contribution is 0.0827. The van der Waals surface area contributed by atoms with E-state index in [4.69, 9.17) is 11.6 Å². The molecule has 0 fully saturated rings. The highest BCUT2D eigenvalue weighted by Gasteiger charge is 2.27. The highest BCUT2D eigenvalue weighted by atomic mass is 35.5. The fourth-order valence-corrected chi connectivity index (χ4v) is 3.77. The van der Waals surface area contributed by atoms with Gasteiger partial charge in [0.2, 0.25) is 0 Å². The number of anilines is 1. The molecule has 8 heteroatoms. The third-order valence-electron chi connectivity index (χ3n) is 5.08. The number of nitrogens with zero attached hydrogens (tertiary/aromatic N) is 3. The normalized spacial score (nSPS) is 12.5. The first-order valence-electron chi connectivity index (χ1n) is 9.54. The summed E-state index contributed by atoms with van der Waals surface area (Å²) >= 11 is 6.24. The molecular weight excluding hydrogens is 407 g/mol. The Balaban J connectivity index is 1.67. The Morgan fingerprint density at radius 1 is 1.13 bits per heavy atom. The van der Waals surface area contributed by atoms with Gasteiger partial charge in [0.05, 0.1) is 16.4 Å². The summed E-state index contributed by atoms with van der Waals surface area (Å²) in [6, 6.07) is 10.7. The molecule has 0 spiro atoms. The maximum Gasteiger partial charge on any atom is 0.276 e. The van der Waals surface area contributed by atoms with Crippen molar-refractivity contribution in [2.75, 3.05) is 19.4 Å². The molecule has 0 saturated heterocycles. The van der Waals surface area contributed by atoms with Crippen LogP contribution in [0.3, 0.4) is 0 Å². The van der Waals surface area contributed by atoms with Gasteiger partial charge in [-0.05, 0) is 61.7 Å². The molecular formula is C22H20ClFN4O2. The maximum atomic E-state index is 13.3. The number of carbonyl (C=O) groups is 2. The summed E-state index contributed by atoms with van der Waals surface area (Å²) in [5.74, 6) is -0.920.